The van der Waals surface area contributed by atoms with Gasteiger partial charge in [-0.05, 0) is 165 Å². The molecule has 0 atom stereocenters. The minimum absolute atomic E-state index is 0.0479. The summed E-state index contributed by atoms with van der Waals surface area (Å²) in [6.45, 7) is 6.50. The Hall–Kier alpha value is -11.5. The molecule has 3 saturated carbocycles. The van der Waals surface area contributed by atoms with Gasteiger partial charge in [-0.1, -0.05) is 95.7 Å². The van der Waals surface area contributed by atoms with Gasteiger partial charge < -0.3 is 60.3 Å². The molecule has 103 heavy (non-hydrogen) atoms. The number of esters is 2. The number of rotatable bonds is 10. The molecule has 5 N–H and O–H groups in total. The zero-order valence-electron chi connectivity index (χ0n) is 58.9. The first-order chi connectivity index (χ1) is 49.7. The molecule has 25 heteroatoms. The van der Waals surface area contributed by atoms with Gasteiger partial charge in [0.15, 0.2) is 17.5 Å². The number of carbonyl (C=O) groups is 6. The zero-order valence-corrected chi connectivity index (χ0v) is 59.7. The topological polar surface area (TPSA) is 288 Å². The highest BCUT2D eigenvalue weighted by molar-refractivity contribution is 6.28. The number of para-hydroxylation sites is 3. The highest BCUT2D eigenvalue weighted by Crippen LogP contribution is 2.47. The zero-order chi connectivity index (χ0) is 73.0. The van der Waals surface area contributed by atoms with E-state index in [9.17, 15) is 28.8 Å². The second-order valence-corrected chi connectivity index (χ2v) is 26.6. The predicted molar refractivity (Wildman–Crippen MR) is 402 cm³/mol. The number of ether oxygens (including phenoxy) is 2. The Bertz CT molecular complexity index is 4540. The molecule has 0 radical (unpaired) electrons. The molecule has 3 aromatic heterocycles. The van der Waals surface area contributed by atoms with Crippen molar-refractivity contribution in [2.24, 2.45) is 5.92 Å². The van der Waals surface area contributed by atoms with Crippen molar-refractivity contribution >= 4 is 128 Å². The quantitative estimate of drug-likeness (QED) is 0.0562. The van der Waals surface area contributed by atoms with Crippen LogP contribution in [0.25, 0.3) is 0 Å². The van der Waals surface area contributed by atoms with E-state index in [1.807, 2.05) is 72.8 Å². The summed E-state index contributed by atoms with van der Waals surface area (Å²) < 4.78 is 9.25. The molecule has 9 aromatic rings. The first kappa shape index (κ1) is 72.7. The summed E-state index contributed by atoms with van der Waals surface area (Å²) >= 11 is 6.06. The number of aromatic carboxylic acids is 1. The van der Waals surface area contributed by atoms with E-state index in [4.69, 9.17) is 37.1 Å². The highest BCUT2D eigenvalue weighted by Gasteiger charge is 2.39. The predicted octanol–water partition coefficient (Wildman–Crippen LogP) is 15.8. The standard InChI is InChI=1S/C25H25N5O3.C24H23N5O3.C17H17ClN4O.C8H9NO2.C4H10/c1-29-21-15-26-25(27-17-13-11-16(12-14-17)24(32)33-2)28-22(21)30(18-7-3-4-8-18)20-10-6-5-9-19(20)23(29)31;1-28-20-14-25-24(26-16-12-10-15(11-13-16)23(31)32)27-21(20)29(17-6-2-3-7-17)19-9-5-4-8-18(19)22(28)30;1-21-14-10-19-17(18)20-15(14)22(11-6-2-3-7-11)13-9-5-4-8-12(13)16(21)23;1-11-8(10)6-2-4-7(9)5-3-6;1-4(2)3/h5-6,9-15,18H,3-4,7-8H2,1-2H3,(H,26,27,28);4-5,8-14,17H,2-3,6-7H2,1H3,(H,31,32)(H,25,26,27);4-5,8-11H,2-3,6-7H2,1H3;2-5H,9H2,1H3;4H,1-3H3. The lowest BCUT2D eigenvalue weighted by Crippen LogP contribution is -2.30. The lowest BCUT2D eigenvalue weighted by molar-refractivity contribution is 0.0592. The molecule has 0 spiro atoms. The third-order valence-electron chi connectivity index (χ3n) is 18.4. The summed E-state index contributed by atoms with van der Waals surface area (Å²) in [6, 6.07) is 43.9. The Morgan fingerprint density at radius 3 is 1.09 bits per heavy atom. The molecule has 6 aliphatic rings. The molecule has 0 bridgehead atoms. The molecule has 6 heterocycles. The van der Waals surface area contributed by atoms with E-state index in [1.54, 1.807) is 115 Å². The second kappa shape index (κ2) is 32.9. The lowest BCUT2D eigenvalue weighted by Gasteiger charge is -2.31. The van der Waals surface area contributed by atoms with Gasteiger partial charge in [0.1, 0.15) is 17.1 Å². The number of hydrogen-bond acceptors (Lipinski definition) is 20. The average Bonchev–Trinajstić information content (AvgIpc) is 1.61. The largest absolute Gasteiger partial charge is 0.478 e. The Labute approximate surface area is 603 Å². The van der Waals surface area contributed by atoms with Gasteiger partial charge >= 0.3 is 17.9 Å². The van der Waals surface area contributed by atoms with E-state index in [1.165, 1.54) is 39.2 Å². The van der Waals surface area contributed by atoms with Crippen molar-refractivity contribution in [1.82, 2.24) is 29.9 Å². The fraction of sp³-hybridized carbons (Fsp3) is 0.308. The molecule has 3 aliphatic carbocycles. The fourth-order valence-electron chi connectivity index (χ4n) is 13.3. The van der Waals surface area contributed by atoms with Crippen molar-refractivity contribution in [3.63, 3.8) is 0 Å². The van der Waals surface area contributed by atoms with Crippen LogP contribution in [0.5, 0.6) is 0 Å². The van der Waals surface area contributed by atoms with Crippen molar-refractivity contribution in [2.45, 2.75) is 116 Å². The summed E-state index contributed by atoms with van der Waals surface area (Å²) in [5.41, 5.74) is 15.4. The maximum Gasteiger partial charge on any atom is 0.337 e. The molecule has 0 saturated heterocycles. The number of hydrogen-bond donors (Lipinski definition) is 4. The van der Waals surface area contributed by atoms with Gasteiger partial charge in [-0.2, -0.15) is 15.0 Å². The number of methoxy groups -OCH3 is 2. The van der Waals surface area contributed by atoms with Crippen LogP contribution in [0, 0.1) is 5.92 Å². The van der Waals surface area contributed by atoms with Crippen LogP contribution < -0.4 is 45.8 Å². The van der Waals surface area contributed by atoms with Gasteiger partial charge in [0.25, 0.3) is 17.7 Å². The number of nitrogens with one attached hydrogen (secondary N) is 2. The highest BCUT2D eigenvalue weighted by atomic mass is 35.5. The normalized spacial score (nSPS) is 15.3. The van der Waals surface area contributed by atoms with Crippen LogP contribution in [0.2, 0.25) is 5.28 Å². The Morgan fingerprint density at radius 2 is 0.757 bits per heavy atom. The second-order valence-electron chi connectivity index (χ2n) is 26.3. The first-order valence-electron chi connectivity index (χ1n) is 34.5. The summed E-state index contributed by atoms with van der Waals surface area (Å²) in [5.74, 6) is 1.85. The molecule has 6 aromatic carbocycles. The number of carbonyl (C=O) groups excluding carboxylic acids is 5. The van der Waals surface area contributed by atoms with Crippen LogP contribution in [-0.4, -0.2) is 124 Å². The smallest absolute Gasteiger partial charge is 0.337 e. The number of benzene rings is 6. The molecule has 3 fully saturated rings. The summed E-state index contributed by atoms with van der Waals surface area (Å²) in [7, 11) is 7.97. The third-order valence-corrected chi connectivity index (χ3v) is 18.6. The molecule has 24 nitrogen and oxygen atoms in total. The Balaban J connectivity index is 0.000000142. The number of anilines is 14. The van der Waals surface area contributed by atoms with Crippen LogP contribution in [0.4, 0.5) is 80.5 Å². The number of carboxylic acid groups (broad SMARTS) is 1. The van der Waals surface area contributed by atoms with Gasteiger partial charge in [0, 0.05) is 56.3 Å². The van der Waals surface area contributed by atoms with Crippen LogP contribution in [0.15, 0.2) is 164 Å². The van der Waals surface area contributed by atoms with E-state index in [2.05, 4.69) is 70.8 Å². The molecule has 0 unspecified atom stereocenters. The number of nitrogens with two attached hydrogens (primary N) is 1. The van der Waals surface area contributed by atoms with Crippen LogP contribution in [-0.2, 0) is 9.47 Å². The summed E-state index contributed by atoms with van der Waals surface area (Å²) in [6.07, 6.45) is 18.4. The van der Waals surface area contributed by atoms with Gasteiger partial charge in [0.05, 0.1) is 83.3 Å². The van der Waals surface area contributed by atoms with Gasteiger partial charge in [0.2, 0.25) is 17.2 Å². The lowest BCUT2D eigenvalue weighted by atomic mass is 10.1. The molecule has 3 amide bonds. The Morgan fingerprint density at radius 1 is 0.456 bits per heavy atom. The molecular formula is C78H84ClN15O9. The van der Waals surface area contributed by atoms with Crippen molar-refractivity contribution in [1.29, 1.82) is 0 Å². The number of aromatic nitrogens is 6. The van der Waals surface area contributed by atoms with Gasteiger partial charge in [-0.25, -0.2) is 29.3 Å². The fourth-order valence-corrected chi connectivity index (χ4v) is 13.5. The molecule has 15 rings (SSSR count). The van der Waals surface area contributed by atoms with Gasteiger partial charge in [-0.3, -0.25) is 14.4 Å². The van der Waals surface area contributed by atoms with E-state index < -0.39 is 5.97 Å². The Kier molecular flexibility index (Phi) is 23.2. The van der Waals surface area contributed by atoms with Crippen LogP contribution in [0.1, 0.15) is 160 Å². The van der Waals surface area contributed by atoms with E-state index in [0.717, 1.165) is 98.7 Å². The SMILES string of the molecule is CC(C)C.CN1C(=O)c2ccccc2N(C2CCCC2)c2nc(Cl)ncc21.CN1C(=O)c2ccccc2N(C2CCCC2)c2nc(Nc3ccc(C(=O)O)cc3)ncc21.COC(=O)c1ccc(N)cc1.COC(=O)c1ccc(Nc2ncc3c(n2)N(C2CCCC2)c2ccccc2C(=O)N3C)cc1. The van der Waals surface area contributed by atoms with E-state index in [-0.39, 0.29) is 52.6 Å². The van der Waals surface area contributed by atoms with Crippen molar-refractivity contribution in [3.05, 3.63) is 203 Å². The maximum atomic E-state index is 13.2. The maximum absolute atomic E-state index is 13.2. The van der Waals surface area contributed by atoms with E-state index in [0.29, 0.717) is 85.8 Å². The van der Waals surface area contributed by atoms with Crippen molar-refractivity contribution < 1.29 is 43.3 Å². The first-order valence-corrected chi connectivity index (χ1v) is 34.9. The molecular weight excluding hydrogens is 1330 g/mol. The number of nitrogen functional groups attached to an aromatic ring is 1. The minimum Gasteiger partial charge on any atom is -0.478 e. The molecule has 532 valence electrons. The van der Waals surface area contributed by atoms with Crippen molar-refractivity contribution in [3.8, 4) is 0 Å². The van der Waals surface area contributed by atoms with Gasteiger partial charge in [-0.15, -0.1) is 0 Å². The number of fused-ring (bicyclic) bond motifs is 6. The number of halogens is 1. The van der Waals surface area contributed by atoms with Crippen LogP contribution >= 0.6 is 11.6 Å². The molecule has 3 aliphatic heterocycles. The number of amides is 3. The number of carboxylic acids is 1. The number of nitrogens with zero attached hydrogens (tertiary/aromatic N) is 12. The van der Waals surface area contributed by atoms with Crippen LogP contribution in [0.3, 0.4) is 0 Å². The minimum atomic E-state index is -0.976. The monoisotopic (exact) mass is 1410 g/mol. The average molecular weight is 1410 g/mol. The van der Waals surface area contributed by atoms with E-state index >= 15 is 0 Å². The summed E-state index contributed by atoms with van der Waals surface area (Å²) in [5, 5.41) is 15.7. The van der Waals surface area contributed by atoms with Crippen molar-refractivity contribution in [2.75, 3.05) is 81.1 Å². The third kappa shape index (κ3) is 16.5. The summed E-state index contributed by atoms with van der Waals surface area (Å²) in [4.78, 5) is 112.